The number of hydrogen-bond acceptors (Lipinski definition) is 4. The van der Waals surface area contributed by atoms with Gasteiger partial charge in [0.2, 0.25) is 0 Å². The van der Waals surface area contributed by atoms with Crippen LogP contribution in [0.2, 0.25) is 5.02 Å². The largest absolute Gasteiger partial charge is 0.493 e. The molecule has 0 bridgehead atoms. The lowest BCUT2D eigenvalue weighted by Crippen LogP contribution is -2.26. The van der Waals surface area contributed by atoms with E-state index in [0.29, 0.717) is 23.8 Å². The summed E-state index contributed by atoms with van der Waals surface area (Å²) in [5, 5.41) is 9.97. The van der Waals surface area contributed by atoms with Crippen LogP contribution in [0.3, 0.4) is 0 Å². The van der Waals surface area contributed by atoms with Crippen molar-refractivity contribution in [3.8, 4) is 5.75 Å². The molecule has 1 aromatic carbocycles. The molecule has 1 N–H and O–H groups in total. The molecule has 6 heteroatoms. The first-order valence-electron chi connectivity index (χ1n) is 6.20. The SMILES string of the molecule is O=S1(=O)CCC(C(CO)COc2cccc(Cl)c2)C1. The molecular formula is C13H17ClO4S. The van der Waals surface area contributed by atoms with E-state index in [-0.39, 0.29) is 29.9 Å². The molecule has 1 fully saturated rings. The molecule has 0 spiro atoms. The topological polar surface area (TPSA) is 63.6 Å². The highest BCUT2D eigenvalue weighted by Gasteiger charge is 2.33. The Balaban J connectivity index is 1.93. The Morgan fingerprint density at radius 1 is 1.47 bits per heavy atom. The van der Waals surface area contributed by atoms with E-state index in [1.807, 2.05) is 0 Å². The maximum Gasteiger partial charge on any atom is 0.150 e. The van der Waals surface area contributed by atoms with E-state index < -0.39 is 9.84 Å². The van der Waals surface area contributed by atoms with Gasteiger partial charge in [0.1, 0.15) is 5.75 Å². The van der Waals surface area contributed by atoms with Crippen molar-refractivity contribution in [1.82, 2.24) is 0 Å². The summed E-state index contributed by atoms with van der Waals surface area (Å²) in [4.78, 5) is 0. The highest BCUT2D eigenvalue weighted by Crippen LogP contribution is 2.27. The molecule has 0 amide bonds. The van der Waals surface area contributed by atoms with E-state index in [9.17, 15) is 13.5 Å². The summed E-state index contributed by atoms with van der Waals surface area (Å²) in [6.45, 7) is 0.234. The van der Waals surface area contributed by atoms with Crippen LogP contribution in [0.5, 0.6) is 5.75 Å². The van der Waals surface area contributed by atoms with Crippen molar-refractivity contribution in [1.29, 1.82) is 0 Å². The number of sulfone groups is 1. The standard InChI is InChI=1S/C13H17ClO4S/c14-12-2-1-3-13(6-12)18-8-11(7-15)10-4-5-19(16,17)9-10/h1-3,6,10-11,15H,4-5,7-9H2. The summed E-state index contributed by atoms with van der Waals surface area (Å²) < 4.78 is 28.5. The van der Waals surface area contributed by atoms with Gasteiger partial charge in [-0.05, 0) is 30.5 Å². The zero-order chi connectivity index (χ0) is 13.9. The van der Waals surface area contributed by atoms with Gasteiger partial charge in [0.05, 0.1) is 18.1 Å². The van der Waals surface area contributed by atoms with Crippen LogP contribution in [0.1, 0.15) is 6.42 Å². The molecule has 1 aliphatic rings. The number of ether oxygens (including phenoxy) is 1. The van der Waals surface area contributed by atoms with Gasteiger partial charge in [-0.3, -0.25) is 0 Å². The van der Waals surface area contributed by atoms with E-state index >= 15 is 0 Å². The average molecular weight is 305 g/mol. The Hall–Kier alpha value is -0.780. The molecule has 0 aliphatic carbocycles. The van der Waals surface area contributed by atoms with Crippen molar-refractivity contribution in [2.24, 2.45) is 11.8 Å². The molecule has 1 saturated heterocycles. The molecule has 4 nitrogen and oxygen atoms in total. The van der Waals surface area contributed by atoms with Gasteiger partial charge in [-0.25, -0.2) is 8.42 Å². The molecule has 1 aliphatic heterocycles. The van der Waals surface area contributed by atoms with Gasteiger partial charge in [-0.2, -0.15) is 0 Å². The third-order valence-corrected chi connectivity index (χ3v) is 5.46. The molecule has 19 heavy (non-hydrogen) atoms. The van der Waals surface area contributed by atoms with Gasteiger partial charge >= 0.3 is 0 Å². The Bertz CT molecular complexity index is 529. The van der Waals surface area contributed by atoms with Gasteiger partial charge in [0.25, 0.3) is 0 Å². The Kier molecular flexibility index (Phi) is 4.71. The van der Waals surface area contributed by atoms with Crippen molar-refractivity contribution >= 4 is 21.4 Å². The molecular weight excluding hydrogens is 288 g/mol. The lowest BCUT2D eigenvalue weighted by Gasteiger charge is -2.20. The predicted molar refractivity (Wildman–Crippen MR) is 74.3 cm³/mol. The van der Waals surface area contributed by atoms with Gasteiger partial charge < -0.3 is 9.84 Å². The van der Waals surface area contributed by atoms with Crippen LogP contribution in [0, 0.1) is 11.8 Å². The van der Waals surface area contributed by atoms with Crippen molar-refractivity contribution < 1.29 is 18.3 Å². The number of benzene rings is 1. The number of hydrogen-bond donors (Lipinski definition) is 1. The van der Waals surface area contributed by atoms with Gasteiger partial charge in [-0.15, -0.1) is 0 Å². The van der Waals surface area contributed by atoms with E-state index in [4.69, 9.17) is 16.3 Å². The molecule has 106 valence electrons. The van der Waals surface area contributed by atoms with Crippen LogP contribution in [-0.4, -0.2) is 38.2 Å². The zero-order valence-electron chi connectivity index (χ0n) is 10.5. The van der Waals surface area contributed by atoms with E-state index in [1.165, 1.54) is 0 Å². The van der Waals surface area contributed by atoms with E-state index in [1.54, 1.807) is 24.3 Å². The fourth-order valence-corrected chi connectivity index (χ4v) is 4.39. The fraction of sp³-hybridized carbons (Fsp3) is 0.538. The molecule has 2 rings (SSSR count). The highest BCUT2D eigenvalue weighted by molar-refractivity contribution is 7.91. The normalized spacial score (nSPS) is 23.2. The monoisotopic (exact) mass is 304 g/mol. The third kappa shape index (κ3) is 4.09. The van der Waals surface area contributed by atoms with Crippen molar-refractivity contribution in [3.63, 3.8) is 0 Å². The minimum Gasteiger partial charge on any atom is -0.493 e. The maximum absolute atomic E-state index is 11.4. The fourth-order valence-electron chi connectivity index (χ4n) is 2.29. The van der Waals surface area contributed by atoms with Crippen LogP contribution in [-0.2, 0) is 9.84 Å². The summed E-state index contributed by atoms with van der Waals surface area (Å²) in [5.41, 5.74) is 0. The van der Waals surface area contributed by atoms with Crippen LogP contribution in [0.25, 0.3) is 0 Å². The van der Waals surface area contributed by atoms with Crippen LogP contribution >= 0.6 is 11.6 Å². The summed E-state index contributed by atoms with van der Waals surface area (Å²) in [6, 6.07) is 7.01. The van der Waals surface area contributed by atoms with Crippen molar-refractivity contribution in [3.05, 3.63) is 29.3 Å². The van der Waals surface area contributed by atoms with Gasteiger partial charge in [0.15, 0.2) is 9.84 Å². The zero-order valence-corrected chi connectivity index (χ0v) is 12.0. The Morgan fingerprint density at radius 3 is 2.84 bits per heavy atom. The summed E-state index contributed by atoms with van der Waals surface area (Å²) in [6.07, 6.45) is 0.604. The Morgan fingerprint density at radius 2 is 2.26 bits per heavy atom. The second-order valence-corrected chi connectivity index (χ2v) is 7.54. The second-order valence-electron chi connectivity index (χ2n) is 4.87. The highest BCUT2D eigenvalue weighted by atomic mass is 35.5. The number of aliphatic hydroxyl groups excluding tert-OH is 1. The molecule has 0 saturated carbocycles. The van der Waals surface area contributed by atoms with E-state index in [2.05, 4.69) is 0 Å². The first kappa shape index (κ1) is 14.6. The quantitative estimate of drug-likeness (QED) is 0.900. The summed E-state index contributed by atoms with van der Waals surface area (Å²) >= 11 is 5.85. The van der Waals surface area contributed by atoms with Crippen LogP contribution in [0.15, 0.2) is 24.3 Å². The summed E-state index contributed by atoms with van der Waals surface area (Å²) in [5.74, 6) is 0.819. The molecule has 1 heterocycles. The number of aliphatic hydroxyl groups is 1. The van der Waals surface area contributed by atoms with Gasteiger partial charge in [-0.1, -0.05) is 17.7 Å². The average Bonchev–Trinajstić information content (AvgIpc) is 2.71. The van der Waals surface area contributed by atoms with Gasteiger partial charge in [0, 0.05) is 17.5 Å². The van der Waals surface area contributed by atoms with Crippen molar-refractivity contribution in [2.45, 2.75) is 6.42 Å². The third-order valence-electron chi connectivity index (χ3n) is 3.43. The van der Waals surface area contributed by atoms with Crippen LogP contribution < -0.4 is 4.74 Å². The molecule has 0 radical (unpaired) electrons. The lowest BCUT2D eigenvalue weighted by atomic mass is 9.93. The molecule has 0 aromatic heterocycles. The minimum atomic E-state index is -2.93. The first-order chi connectivity index (χ1) is 9.00. The number of rotatable bonds is 5. The molecule has 1 aromatic rings. The Labute approximate surface area is 118 Å². The first-order valence-corrected chi connectivity index (χ1v) is 8.40. The minimum absolute atomic E-state index is 0.0193. The maximum atomic E-state index is 11.4. The second kappa shape index (κ2) is 6.11. The predicted octanol–water partition coefficient (Wildman–Crippen LogP) is 1.76. The van der Waals surface area contributed by atoms with Crippen LogP contribution in [0.4, 0.5) is 0 Å². The smallest absolute Gasteiger partial charge is 0.150 e. The number of halogens is 1. The van der Waals surface area contributed by atoms with E-state index in [0.717, 1.165) is 0 Å². The lowest BCUT2D eigenvalue weighted by molar-refractivity contribution is 0.126. The van der Waals surface area contributed by atoms with Crippen molar-refractivity contribution in [2.75, 3.05) is 24.7 Å². The summed E-state index contributed by atoms with van der Waals surface area (Å²) in [7, 11) is -2.93. The molecule has 2 atom stereocenters. The molecule has 2 unspecified atom stereocenters.